The van der Waals surface area contributed by atoms with Crippen molar-refractivity contribution in [2.45, 2.75) is 38.3 Å². The molecule has 1 aliphatic rings. The molecule has 0 saturated heterocycles. The molecular weight excluding hydrogens is 232 g/mol. The minimum atomic E-state index is -0.473. The monoisotopic (exact) mass is 250 g/mol. The number of aryl methyl sites for hydroxylation is 2. The summed E-state index contributed by atoms with van der Waals surface area (Å²) in [7, 11) is 0. The van der Waals surface area contributed by atoms with E-state index in [2.05, 4.69) is 18.0 Å². The summed E-state index contributed by atoms with van der Waals surface area (Å²) in [5.74, 6) is -0.0986. The van der Waals surface area contributed by atoms with Crippen LogP contribution in [0.15, 0.2) is 18.7 Å². The van der Waals surface area contributed by atoms with E-state index in [4.69, 9.17) is 5.73 Å². The Hall–Kier alpha value is -1.13. The van der Waals surface area contributed by atoms with Crippen LogP contribution >= 0.6 is 11.3 Å². The molecule has 1 atom stereocenters. The first-order valence-electron chi connectivity index (χ1n) is 5.95. The molecule has 1 unspecified atom stereocenters. The highest BCUT2D eigenvalue weighted by atomic mass is 32.1. The van der Waals surface area contributed by atoms with E-state index in [0.29, 0.717) is 13.0 Å². The van der Waals surface area contributed by atoms with E-state index >= 15 is 0 Å². The summed E-state index contributed by atoms with van der Waals surface area (Å²) < 4.78 is 0. The number of nitrogens with two attached hydrogens (primary N) is 1. The summed E-state index contributed by atoms with van der Waals surface area (Å²) in [6.07, 6.45) is 5.86. The average molecular weight is 250 g/mol. The molecule has 3 N–H and O–H groups in total. The fraction of sp³-hybridized carbons (Fsp3) is 0.462. The van der Waals surface area contributed by atoms with Gasteiger partial charge >= 0.3 is 0 Å². The number of thiophene rings is 1. The van der Waals surface area contributed by atoms with Gasteiger partial charge in [0, 0.05) is 9.75 Å². The van der Waals surface area contributed by atoms with Gasteiger partial charge < -0.3 is 11.1 Å². The second-order valence-corrected chi connectivity index (χ2v) is 5.58. The van der Waals surface area contributed by atoms with Gasteiger partial charge in [-0.15, -0.1) is 17.9 Å². The average Bonchev–Trinajstić information content (AvgIpc) is 2.86. The highest BCUT2D eigenvalue weighted by Crippen LogP contribution is 2.30. The number of amides is 1. The van der Waals surface area contributed by atoms with Gasteiger partial charge in [0.15, 0.2) is 0 Å². The minimum absolute atomic E-state index is 0.0986. The zero-order valence-electron chi connectivity index (χ0n) is 9.87. The molecular formula is C13H18N2OS. The van der Waals surface area contributed by atoms with E-state index in [1.54, 1.807) is 6.08 Å². The molecule has 0 spiro atoms. The highest BCUT2D eigenvalue weighted by Gasteiger charge is 2.16. The summed E-state index contributed by atoms with van der Waals surface area (Å²) in [6, 6.07) is 1.74. The Kier molecular flexibility index (Phi) is 3.97. The third kappa shape index (κ3) is 2.96. The maximum Gasteiger partial charge on any atom is 0.237 e. The number of carbonyl (C=O) groups excluding carboxylic acids is 1. The van der Waals surface area contributed by atoms with Crippen molar-refractivity contribution in [2.24, 2.45) is 5.73 Å². The summed E-state index contributed by atoms with van der Waals surface area (Å²) in [4.78, 5) is 14.3. The standard InChI is InChI=1S/C13H18N2OS/c1-2-4-11(14)13(16)15-8-10-7-9-5-3-6-12(9)17-10/h2,7,11H,1,3-6,8,14H2,(H,15,16). The molecule has 3 nitrogen and oxygen atoms in total. The third-order valence-electron chi connectivity index (χ3n) is 2.99. The highest BCUT2D eigenvalue weighted by molar-refractivity contribution is 7.12. The van der Waals surface area contributed by atoms with E-state index < -0.39 is 6.04 Å². The zero-order valence-corrected chi connectivity index (χ0v) is 10.7. The predicted octanol–water partition coefficient (Wildman–Crippen LogP) is 1.76. The maximum absolute atomic E-state index is 11.6. The number of fused-ring (bicyclic) bond motifs is 1. The number of rotatable bonds is 5. The molecule has 1 aromatic rings. The van der Waals surface area contributed by atoms with Crippen LogP contribution in [-0.2, 0) is 24.2 Å². The Labute approximate surface area is 106 Å². The lowest BCUT2D eigenvalue weighted by atomic mass is 10.2. The Balaban J connectivity index is 1.85. The number of nitrogens with one attached hydrogen (secondary N) is 1. The fourth-order valence-corrected chi connectivity index (χ4v) is 3.27. The van der Waals surface area contributed by atoms with Gasteiger partial charge in [-0.3, -0.25) is 4.79 Å². The van der Waals surface area contributed by atoms with E-state index in [1.165, 1.54) is 34.6 Å². The van der Waals surface area contributed by atoms with Crippen LogP contribution < -0.4 is 11.1 Å². The van der Waals surface area contributed by atoms with Gasteiger partial charge in [-0.1, -0.05) is 6.08 Å². The fourth-order valence-electron chi connectivity index (χ4n) is 2.07. The summed E-state index contributed by atoms with van der Waals surface area (Å²) in [6.45, 7) is 4.18. The van der Waals surface area contributed by atoms with Crippen LogP contribution in [0, 0.1) is 0 Å². The number of carbonyl (C=O) groups is 1. The summed E-state index contributed by atoms with van der Waals surface area (Å²) >= 11 is 1.81. The van der Waals surface area contributed by atoms with Gasteiger partial charge in [0.05, 0.1) is 12.6 Å². The Morgan fingerprint density at radius 3 is 3.18 bits per heavy atom. The smallest absolute Gasteiger partial charge is 0.237 e. The molecule has 0 bridgehead atoms. The van der Waals surface area contributed by atoms with E-state index in [9.17, 15) is 4.79 Å². The Morgan fingerprint density at radius 1 is 1.65 bits per heavy atom. The van der Waals surface area contributed by atoms with Crippen molar-refractivity contribution in [3.8, 4) is 0 Å². The normalized spacial score (nSPS) is 15.4. The number of hydrogen-bond donors (Lipinski definition) is 2. The van der Waals surface area contributed by atoms with Crippen molar-refractivity contribution in [1.82, 2.24) is 5.32 Å². The summed E-state index contributed by atoms with van der Waals surface area (Å²) in [5.41, 5.74) is 7.15. The molecule has 1 aromatic heterocycles. The van der Waals surface area contributed by atoms with Gasteiger partial charge in [0.2, 0.25) is 5.91 Å². The third-order valence-corrected chi connectivity index (χ3v) is 4.23. The quantitative estimate of drug-likeness (QED) is 0.782. The van der Waals surface area contributed by atoms with Crippen LogP contribution in [0.2, 0.25) is 0 Å². The van der Waals surface area contributed by atoms with Gasteiger partial charge in [0.25, 0.3) is 0 Å². The topological polar surface area (TPSA) is 55.1 Å². The first-order chi connectivity index (χ1) is 8.20. The lowest BCUT2D eigenvalue weighted by molar-refractivity contribution is -0.122. The van der Waals surface area contributed by atoms with Crippen molar-refractivity contribution >= 4 is 17.2 Å². The molecule has 0 aliphatic heterocycles. The van der Waals surface area contributed by atoms with Crippen molar-refractivity contribution in [3.05, 3.63) is 34.0 Å². The van der Waals surface area contributed by atoms with Gasteiger partial charge in [-0.25, -0.2) is 0 Å². The van der Waals surface area contributed by atoms with Crippen LogP contribution in [0.1, 0.15) is 28.2 Å². The number of hydrogen-bond acceptors (Lipinski definition) is 3. The van der Waals surface area contributed by atoms with Crippen molar-refractivity contribution in [1.29, 1.82) is 0 Å². The first kappa shape index (κ1) is 12.3. The minimum Gasteiger partial charge on any atom is -0.350 e. The predicted molar refractivity (Wildman–Crippen MR) is 71.0 cm³/mol. The largest absolute Gasteiger partial charge is 0.350 e. The Morgan fingerprint density at radius 2 is 2.47 bits per heavy atom. The molecule has 0 aromatic carbocycles. The molecule has 4 heteroatoms. The molecule has 1 aliphatic carbocycles. The first-order valence-corrected chi connectivity index (χ1v) is 6.77. The van der Waals surface area contributed by atoms with E-state index in [1.807, 2.05) is 11.3 Å². The van der Waals surface area contributed by atoms with E-state index in [0.717, 1.165) is 0 Å². The van der Waals surface area contributed by atoms with Crippen LogP contribution in [0.25, 0.3) is 0 Å². The molecule has 0 saturated carbocycles. The molecule has 92 valence electrons. The van der Waals surface area contributed by atoms with Crippen LogP contribution in [0.5, 0.6) is 0 Å². The van der Waals surface area contributed by atoms with Crippen LogP contribution in [0.3, 0.4) is 0 Å². The van der Waals surface area contributed by atoms with Gasteiger partial charge in [-0.2, -0.15) is 0 Å². The second-order valence-electron chi connectivity index (χ2n) is 4.36. The second kappa shape index (κ2) is 5.47. The molecule has 1 heterocycles. The molecule has 0 radical (unpaired) electrons. The van der Waals surface area contributed by atoms with Crippen LogP contribution in [0.4, 0.5) is 0 Å². The molecule has 17 heavy (non-hydrogen) atoms. The maximum atomic E-state index is 11.6. The molecule has 2 rings (SSSR count). The lowest BCUT2D eigenvalue weighted by Gasteiger charge is -2.09. The molecule has 1 amide bonds. The van der Waals surface area contributed by atoms with Crippen molar-refractivity contribution < 1.29 is 4.79 Å². The Bertz CT molecular complexity index is 404. The zero-order chi connectivity index (χ0) is 12.3. The SMILES string of the molecule is C=CCC(N)C(=O)NCc1cc2c(s1)CCC2. The lowest BCUT2D eigenvalue weighted by Crippen LogP contribution is -2.39. The van der Waals surface area contributed by atoms with Crippen LogP contribution in [-0.4, -0.2) is 11.9 Å². The van der Waals surface area contributed by atoms with Gasteiger partial charge in [0.1, 0.15) is 0 Å². The van der Waals surface area contributed by atoms with Crippen molar-refractivity contribution in [3.63, 3.8) is 0 Å². The molecule has 0 fully saturated rings. The van der Waals surface area contributed by atoms with Gasteiger partial charge in [-0.05, 0) is 37.3 Å². The van der Waals surface area contributed by atoms with E-state index in [-0.39, 0.29) is 5.91 Å². The van der Waals surface area contributed by atoms with Crippen molar-refractivity contribution in [2.75, 3.05) is 0 Å². The summed E-state index contributed by atoms with van der Waals surface area (Å²) in [5, 5.41) is 2.87.